The molecule has 0 saturated heterocycles. The van der Waals surface area contributed by atoms with E-state index in [9.17, 15) is 9.90 Å². The Hall–Kier alpha value is -3.46. The van der Waals surface area contributed by atoms with Gasteiger partial charge in [0, 0.05) is 6.54 Å². The van der Waals surface area contributed by atoms with Gasteiger partial charge in [-0.15, -0.1) is 0 Å². The minimum Gasteiger partial charge on any atom is -0.490 e. The first-order valence-electron chi connectivity index (χ1n) is 10.2. The number of hydrogen-bond acceptors (Lipinski definition) is 7. The van der Waals surface area contributed by atoms with E-state index >= 15 is 0 Å². The van der Waals surface area contributed by atoms with Crippen LogP contribution in [0.1, 0.15) is 32.8 Å². The number of rotatable bonds is 11. The molecule has 0 spiro atoms. The molecule has 2 aromatic carbocycles. The van der Waals surface area contributed by atoms with Gasteiger partial charge < -0.3 is 19.9 Å². The second-order valence-electron chi connectivity index (χ2n) is 7.43. The zero-order chi connectivity index (χ0) is 22.2. The number of nitrogens with one attached hydrogen (secondary N) is 1. The van der Waals surface area contributed by atoms with E-state index in [1.165, 1.54) is 4.68 Å². The summed E-state index contributed by atoms with van der Waals surface area (Å²) in [6.07, 6.45) is 0.553. The van der Waals surface area contributed by atoms with Gasteiger partial charge in [-0.2, -0.15) is 4.68 Å². The van der Waals surface area contributed by atoms with Gasteiger partial charge >= 0.3 is 12.0 Å². The highest BCUT2D eigenvalue weighted by Gasteiger charge is 2.19. The molecule has 3 rings (SSSR count). The molecule has 0 saturated carbocycles. The molecule has 9 heteroatoms. The lowest BCUT2D eigenvalue weighted by Crippen LogP contribution is -2.37. The Kier molecular flexibility index (Phi) is 7.55. The van der Waals surface area contributed by atoms with Crippen molar-refractivity contribution in [3.63, 3.8) is 0 Å². The number of carboxylic acid groups (broad SMARTS) is 1. The Bertz CT molecular complexity index is 991. The summed E-state index contributed by atoms with van der Waals surface area (Å²) in [5.74, 6) is 0.417. The molecule has 0 amide bonds. The first-order valence-corrected chi connectivity index (χ1v) is 10.2. The van der Waals surface area contributed by atoms with Crippen LogP contribution < -0.4 is 14.8 Å². The van der Waals surface area contributed by atoms with Crippen LogP contribution in [0, 0.1) is 5.92 Å². The number of hydrogen-bond donors (Lipinski definition) is 2. The van der Waals surface area contributed by atoms with E-state index in [4.69, 9.17) is 9.47 Å². The highest BCUT2D eigenvalue weighted by atomic mass is 16.5. The van der Waals surface area contributed by atoms with Gasteiger partial charge in [0.2, 0.25) is 0 Å². The highest BCUT2D eigenvalue weighted by Crippen LogP contribution is 2.32. The first kappa shape index (κ1) is 22.2. The van der Waals surface area contributed by atoms with Crippen molar-refractivity contribution in [1.29, 1.82) is 0 Å². The molecule has 0 aliphatic rings. The second-order valence-corrected chi connectivity index (χ2v) is 7.43. The minimum atomic E-state index is -0.855. The number of carboxylic acids is 1. The van der Waals surface area contributed by atoms with Crippen molar-refractivity contribution >= 4 is 5.97 Å². The summed E-state index contributed by atoms with van der Waals surface area (Å²) in [6.45, 7) is 6.72. The summed E-state index contributed by atoms with van der Waals surface area (Å²) in [7, 11) is 0. The fraction of sp³-hybridized carbons (Fsp3) is 0.364. The van der Waals surface area contributed by atoms with Gasteiger partial charge in [-0.25, -0.2) is 0 Å². The van der Waals surface area contributed by atoms with Gasteiger partial charge in [-0.1, -0.05) is 43.2 Å². The first-order chi connectivity index (χ1) is 15.0. The number of aliphatic carboxylic acids is 1. The van der Waals surface area contributed by atoms with Gasteiger partial charge in [0.05, 0.1) is 12.3 Å². The van der Waals surface area contributed by atoms with E-state index in [0.29, 0.717) is 31.1 Å². The molecule has 0 aliphatic heterocycles. The van der Waals surface area contributed by atoms with Crippen molar-refractivity contribution in [3.05, 3.63) is 54.1 Å². The average molecular weight is 425 g/mol. The monoisotopic (exact) mass is 425 g/mol. The highest BCUT2D eigenvalue weighted by molar-refractivity contribution is 5.73. The molecule has 3 aromatic rings. The SMILES string of the molecule is CCOc1cc(CNC(CC(C)C)C(=O)O)ccc1Oc1nnnn1-c1ccccc1. The molecule has 164 valence electrons. The molecular formula is C22H27N5O4. The quantitative estimate of drug-likeness (QED) is 0.481. The Morgan fingerprint density at radius 1 is 1.16 bits per heavy atom. The summed E-state index contributed by atoms with van der Waals surface area (Å²) in [5.41, 5.74) is 1.65. The van der Waals surface area contributed by atoms with E-state index in [0.717, 1.165) is 11.3 Å². The van der Waals surface area contributed by atoms with Gasteiger partial charge in [0.15, 0.2) is 11.5 Å². The standard InChI is InChI=1S/C22H27N5O4/c1-4-30-20-13-16(14-23-18(21(28)29)12-15(2)3)10-11-19(20)31-22-24-25-26-27(22)17-8-6-5-7-9-17/h5-11,13,15,18,23H,4,12,14H2,1-3H3,(H,28,29). The van der Waals surface area contributed by atoms with E-state index < -0.39 is 12.0 Å². The third-order valence-electron chi connectivity index (χ3n) is 4.51. The van der Waals surface area contributed by atoms with Crippen molar-refractivity contribution < 1.29 is 19.4 Å². The normalized spacial score (nSPS) is 12.0. The molecule has 1 unspecified atom stereocenters. The zero-order valence-electron chi connectivity index (χ0n) is 17.9. The van der Waals surface area contributed by atoms with Crippen LogP contribution in [0.15, 0.2) is 48.5 Å². The maximum absolute atomic E-state index is 11.5. The molecule has 2 N–H and O–H groups in total. The van der Waals surface area contributed by atoms with Crippen molar-refractivity contribution in [2.75, 3.05) is 6.61 Å². The third-order valence-corrected chi connectivity index (χ3v) is 4.51. The number of nitrogens with zero attached hydrogens (tertiary/aromatic N) is 4. The summed E-state index contributed by atoms with van der Waals surface area (Å²) in [4.78, 5) is 11.5. The predicted octanol–water partition coefficient (Wildman–Crippen LogP) is 3.44. The lowest BCUT2D eigenvalue weighted by atomic mass is 10.0. The van der Waals surface area contributed by atoms with Crippen molar-refractivity contribution in [3.8, 4) is 23.2 Å². The number of para-hydroxylation sites is 1. The summed E-state index contributed by atoms with van der Waals surface area (Å²) < 4.78 is 13.2. The Morgan fingerprint density at radius 2 is 1.94 bits per heavy atom. The Morgan fingerprint density at radius 3 is 2.61 bits per heavy atom. The molecule has 1 atom stereocenters. The van der Waals surface area contributed by atoms with Gasteiger partial charge in [-0.3, -0.25) is 4.79 Å². The number of tetrazole rings is 1. The number of carbonyl (C=O) groups is 1. The summed E-state index contributed by atoms with van der Waals surface area (Å²) >= 11 is 0. The third kappa shape index (κ3) is 6.02. The van der Waals surface area contributed by atoms with Crippen LogP contribution in [0.25, 0.3) is 5.69 Å². The number of ether oxygens (including phenoxy) is 2. The van der Waals surface area contributed by atoms with E-state index in [1.54, 1.807) is 6.07 Å². The molecule has 9 nitrogen and oxygen atoms in total. The van der Waals surface area contributed by atoms with Crippen molar-refractivity contribution in [2.24, 2.45) is 5.92 Å². The van der Waals surface area contributed by atoms with Crippen molar-refractivity contribution in [1.82, 2.24) is 25.5 Å². The van der Waals surface area contributed by atoms with Crippen LogP contribution >= 0.6 is 0 Å². The fourth-order valence-electron chi connectivity index (χ4n) is 3.07. The smallest absolute Gasteiger partial charge is 0.346 e. The molecule has 31 heavy (non-hydrogen) atoms. The number of aromatic nitrogens is 4. The molecule has 0 fully saturated rings. The van der Waals surface area contributed by atoms with Crippen molar-refractivity contribution in [2.45, 2.75) is 39.8 Å². The fourth-order valence-corrected chi connectivity index (χ4v) is 3.07. The minimum absolute atomic E-state index is 0.209. The molecule has 0 bridgehead atoms. The zero-order valence-corrected chi connectivity index (χ0v) is 17.9. The molecule has 1 heterocycles. The molecular weight excluding hydrogens is 398 g/mol. The van der Waals surface area contributed by atoms with E-state index in [1.807, 2.05) is 63.2 Å². The van der Waals surface area contributed by atoms with Gasteiger partial charge in [-0.05, 0) is 59.5 Å². The number of benzene rings is 2. The lowest BCUT2D eigenvalue weighted by Gasteiger charge is -2.17. The second kappa shape index (κ2) is 10.5. The summed E-state index contributed by atoms with van der Waals surface area (Å²) in [6, 6.07) is 14.5. The summed E-state index contributed by atoms with van der Waals surface area (Å²) in [5, 5.41) is 24.2. The van der Waals surface area contributed by atoms with Crippen LogP contribution in [-0.4, -0.2) is 43.9 Å². The van der Waals surface area contributed by atoms with Crippen LogP contribution in [0.2, 0.25) is 0 Å². The molecule has 0 aliphatic carbocycles. The Labute approximate surface area is 181 Å². The predicted molar refractivity (Wildman–Crippen MR) is 115 cm³/mol. The van der Waals surface area contributed by atoms with E-state index in [2.05, 4.69) is 20.8 Å². The molecule has 1 aromatic heterocycles. The van der Waals surface area contributed by atoms with Crippen LogP contribution in [0.4, 0.5) is 0 Å². The average Bonchev–Trinajstić information content (AvgIpc) is 3.21. The maximum atomic E-state index is 11.5. The van der Waals surface area contributed by atoms with Crippen LogP contribution in [0.5, 0.6) is 17.5 Å². The van der Waals surface area contributed by atoms with E-state index in [-0.39, 0.29) is 11.9 Å². The van der Waals surface area contributed by atoms with Gasteiger partial charge in [0.25, 0.3) is 0 Å². The van der Waals surface area contributed by atoms with Crippen LogP contribution in [0.3, 0.4) is 0 Å². The Balaban J connectivity index is 1.77. The largest absolute Gasteiger partial charge is 0.490 e. The molecule has 0 radical (unpaired) electrons. The topological polar surface area (TPSA) is 111 Å². The lowest BCUT2D eigenvalue weighted by molar-refractivity contribution is -0.140. The van der Waals surface area contributed by atoms with Crippen LogP contribution in [-0.2, 0) is 11.3 Å². The maximum Gasteiger partial charge on any atom is 0.346 e. The van der Waals surface area contributed by atoms with Gasteiger partial charge in [0.1, 0.15) is 6.04 Å².